The number of benzene rings is 1. The Bertz CT molecular complexity index is 1500. The molecule has 4 aromatic rings. The van der Waals surface area contributed by atoms with Gasteiger partial charge < -0.3 is 4.90 Å². The van der Waals surface area contributed by atoms with Crippen molar-refractivity contribution in [2.45, 2.75) is 26.8 Å². The Labute approximate surface area is 183 Å². The highest BCUT2D eigenvalue weighted by Crippen LogP contribution is 2.30. The summed E-state index contributed by atoms with van der Waals surface area (Å²) in [5.41, 5.74) is 5.11. The minimum atomic E-state index is -0.396. The number of nitriles is 1. The summed E-state index contributed by atoms with van der Waals surface area (Å²) in [6.07, 6.45) is 2.42. The van der Waals surface area contributed by atoms with Crippen molar-refractivity contribution in [3.8, 4) is 17.2 Å². The van der Waals surface area contributed by atoms with Crippen molar-refractivity contribution >= 4 is 11.6 Å². The SMILES string of the molecule is Cc1c(N2CCc3ncc(-c4cc(F)ccc4C#N)cc3C2)nc2nn(C)c(=O)n2c1C. The topological polar surface area (TPSA) is 92.1 Å². The molecule has 0 fully saturated rings. The maximum atomic E-state index is 13.9. The number of aromatic nitrogens is 5. The fraction of sp³-hybridized carbons (Fsp3) is 0.261. The molecule has 4 heterocycles. The van der Waals surface area contributed by atoms with Crippen LogP contribution in [0.5, 0.6) is 0 Å². The molecule has 0 N–H and O–H groups in total. The van der Waals surface area contributed by atoms with Gasteiger partial charge in [-0.05, 0) is 43.7 Å². The van der Waals surface area contributed by atoms with E-state index in [1.165, 1.54) is 27.3 Å². The predicted molar refractivity (Wildman–Crippen MR) is 117 cm³/mol. The van der Waals surface area contributed by atoms with Crippen molar-refractivity contribution in [1.82, 2.24) is 24.1 Å². The van der Waals surface area contributed by atoms with Gasteiger partial charge in [0.05, 0.1) is 11.6 Å². The molecule has 32 heavy (non-hydrogen) atoms. The predicted octanol–water partition coefficient (Wildman–Crippen LogP) is 2.68. The van der Waals surface area contributed by atoms with Crippen molar-refractivity contribution in [3.63, 3.8) is 0 Å². The molecule has 0 aliphatic carbocycles. The molecule has 3 aromatic heterocycles. The summed E-state index contributed by atoms with van der Waals surface area (Å²) in [5.74, 6) is 0.749. The lowest BCUT2D eigenvalue weighted by molar-refractivity contribution is 0.628. The second-order valence-corrected chi connectivity index (χ2v) is 7.99. The molecule has 0 unspecified atom stereocenters. The van der Waals surface area contributed by atoms with Gasteiger partial charge in [0.2, 0.25) is 0 Å². The van der Waals surface area contributed by atoms with Crippen LogP contribution in [0.2, 0.25) is 0 Å². The van der Waals surface area contributed by atoms with Crippen LogP contribution in [0.25, 0.3) is 16.9 Å². The normalized spacial score (nSPS) is 13.3. The average molecular weight is 429 g/mol. The fourth-order valence-electron chi connectivity index (χ4n) is 4.24. The Kier molecular flexibility index (Phi) is 4.51. The van der Waals surface area contributed by atoms with Gasteiger partial charge in [-0.15, -0.1) is 5.10 Å². The largest absolute Gasteiger partial charge is 0.351 e. The molecular weight excluding hydrogens is 409 g/mol. The highest BCUT2D eigenvalue weighted by Gasteiger charge is 2.23. The molecular formula is C23H20FN7O. The fourth-order valence-corrected chi connectivity index (χ4v) is 4.24. The van der Waals surface area contributed by atoms with Gasteiger partial charge in [-0.1, -0.05) is 0 Å². The number of aryl methyl sites for hydroxylation is 2. The van der Waals surface area contributed by atoms with E-state index in [4.69, 9.17) is 0 Å². The van der Waals surface area contributed by atoms with Crippen LogP contribution in [0.1, 0.15) is 28.1 Å². The number of rotatable bonds is 2. The molecule has 0 saturated carbocycles. The lowest BCUT2D eigenvalue weighted by atomic mass is 9.97. The molecule has 0 amide bonds. The Balaban J connectivity index is 1.56. The number of fused-ring (bicyclic) bond motifs is 2. The molecule has 160 valence electrons. The third-order valence-corrected chi connectivity index (χ3v) is 6.08. The van der Waals surface area contributed by atoms with Crippen molar-refractivity contribution in [3.05, 3.63) is 74.8 Å². The van der Waals surface area contributed by atoms with E-state index in [-0.39, 0.29) is 5.69 Å². The van der Waals surface area contributed by atoms with E-state index in [1.807, 2.05) is 19.9 Å². The number of anilines is 1. The van der Waals surface area contributed by atoms with E-state index < -0.39 is 5.82 Å². The number of hydrogen-bond donors (Lipinski definition) is 0. The second-order valence-electron chi connectivity index (χ2n) is 7.99. The Hall–Kier alpha value is -4.06. The maximum absolute atomic E-state index is 13.9. The number of hydrogen-bond acceptors (Lipinski definition) is 6. The molecule has 9 heteroatoms. The quantitative estimate of drug-likeness (QED) is 0.487. The molecule has 8 nitrogen and oxygen atoms in total. The lowest BCUT2D eigenvalue weighted by Crippen LogP contribution is -2.33. The number of pyridine rings is 1. The van der Waals surface area contributed by atoms with Crippen LogP contribution in [0.3, 0.4) is 0 Å². The van der Waals surface area contributed by atoms with Gasteiger partial charge in [-0.2, -0.15) is 10.2 Å². The first-order valence-corrected chi connectivity index (χ1v) is 10.2. The third kappa shape index (κ3) is 3.03. The second kappa shape index (κ2) is 7.27. The third-order valence-electron chi connectivity index (χ3n) is 6.08. The van der Waals surface area contributed by atoms with Gasteiger partial charge in [0, 0.05) is 60.8 Å². The average Bonchev–Trinajstić information content (AvgIpc) is 3.08. The summed E-state index contributed by atoms with van der Waals surface area (Å²) in [6.45, 7) is 5.13. The van der Waals surface area contributed by atoms with E-state index in [0.29, 0.717) is 29.0 Å². The standard InChI is InChI=1S/C23H20FN7O/c1-13-14(2)31-22(28-29(3)23(31)32)27-21(13)30-7-6-20-17(12-30)8-16(11-26-20)19-9-18(24)5-4-15(19)10-25/h4-5,8-9,11H,6-7,12H2,1-3H3. The minimum Gasteiger partial charge on any atom is -0.351 e. The zero-order valence-electron chi connectivity index (χ0n) is 17.9. The zero-order chi connectivity index (χ0) is 22.6. The van der Waals surface area contributed by atoms with Crippen LogP contribution in [-0.4, -0.2) is 30.7 Å². The summed E-state index contributed by atoms with van der Waals surface area (Å²) >= 11 is 0. The molecule has 1 aliphatic heterocycles. The van der Waals surface area contributed by atoms with Gasteiger partial charge in [0.1, 0.15) is 11.6 Å². The molecule has 0 radical (unpaired) electrons. The summed E-state index contributed by atoms with van der Waals surface area (Å²) in [4.78, 5) is 23.8. The van der Waals surface area contributed by atoms with Crippen molar-refractivity contribution < 1.29 is 4.39 Å². The first-order chi connectivity index (χ1) is 15.4. The van der Waals surface area contributed by atoms with Crippen LogP contribution in [-0.2, 0) is 20.0 Å². The molecule has 1 aromatic carbocycles. The van der Waals surface area contributed by atoms with E-state index in [0.717, 1.165) is 41.3 Å². The Morgan fingerprint density at radius 2 is 2.03 bits per heavy atom. The summed E-state index contributed by atoms with van der Waals surface area (Å²) in [5, 5.41) is 13.7. The van der Waals surface area contributed by atoms with E-state index in [9.17, 15) is 14.4 Å². The van der Waals surface area contributed by atoms with Crippen LogP contribution in [0.4, 0.5) is 10.2 Å². The van der Waals surface area contributed by atoms with Crippen molar-refractivity contribution in [2.24, 2.45) is 7.05 Å². The molecule has 0 atom stereocenters. The van der Waals surface area contributed by atoms with E-state index in [1.54, 1.807) is 13.2 Å². The van der Waals surface area contributed by atoms with Crippen LogP contribution < -0.4 is 10.6 Å². The van der Waals surface area contributed by atoms with Crippen molar-refractivity contribution in [2.75, 3.05) is 11.4 Å². The molecule has 1 aliphatic rings. The van der Waals surface area contributed by atoms with Gasteiger partial charge in [-0.25, -0.2) is 18.3 Å². The first-order valence-electron chi connectivity index (χ1n) is 10.2. The van der Waals surface area contributed by atoms with Crippen LogP contribution in [0.15, 0.2) is 35.3 Å². The van der Waals surface area contributed by atoms with Gasteiger partial charge in [0.15, 0.2) is 0 Å². The van der Waals surface area contributed by atoms with E-state index >= 15 is 0 Å². The van der Waals surface area contributed by atoms with Crippen LogP contribution in [0, 0.1) is 31.0 Å². The summed E-state index contributed by atoms with van der Waals surface area (Å²) in [7, 11) is 1.61. The van der Waals surface area contributed by atoms with Gasteiger partial charge in [0.25, 0.3) is 5.78 Å². The van der Waals surface area contributed by atoms with Gasteiger partial charge in [-0.3, -0.25) is 4.98 Å². The van der Waals surface area contributed by atoms with Gasteiger partial charge >= 0.3 is 5.69 Å². The Morgan fingerprint density at radius 3 is 2.81 bits per heavy atom. The van der Waals surface area contributed by atoms with Crippen molar-refractivity contribution in [1.29, 1.82) is 5.26 Å². The van der Waals surface area contributed by atoms with Crippen LogP contribution >= 0.6 is 0 Å². The molecule has 0 saturated heterocycles. The monoisotopic (exact) mass is 429 g/mol. The highest BCUT2D eigenvalue weighted by atomic mass is 19.1. The molecule has 5 rings (SSSR count). The molecule has 0 spiro atoms. The zero-order valence-corrected chi connectivity index (χ0v) is 17.9. The maximum Gasteiger partial charge on any atom is 0.351 e. The molecule has 0 bridgehead atoms. The summed E-state index contributed by atoms with van der Waals surface area (Å²) in [6, 6.07) is 8.22. The first kappa shape index (κ1) is 19.9. The van der Waals surface area contributed by atoms with E-state index in [2.05, 4.69) is 26.0 Å². The number of nitrogens with zero attached hydrogens (tertiary/aromatic N) is 7. The lowest BCUT2D eigenvalue weighted by Gasteiger charge is -2.31. The minimum absolute atomic E-state index is 0.221. The summed E-state index contributed by atoms with van der Waals surface area (Å²) < 4.78 is 16.7. The smallest absolute Gasteiger partial charge is 0.351 e. The number of halogens is 1. The Morgan fingerprint density at radius 1 is 1.22 bits per heavy atom. The highest BCUT2D eigenvalue weighted by molar-refractivity contribution is 5.71.